The molecule has 7 unspecified atom stereocenters. The van der Waals surface area contributed by atoms with Crippen LogP contribution in [-0.4, -0.2) is 22.8 Å². The zero-order chi connectivity index (χ0) is 20.6. The Morgan fingerprint density at radius 2 is 1.96 bits per heavy atom. The summed E-state index contributed by atoms with van der Waals surface area (Å²) in [6.07, 6.45) is 8.67. The Hall–Kier alpha value is -1.22. The fourth-order valence-corrected chi connectivity index (χ4v) is 6.44. The summed E-state index contributed by atoms with van der Waals surface area (Å²) in [5, 5.41) is 11.2. The predicted octanol–water partition coefficient (Wildman–Crippen LogP) is 5.13. The number of aliphatic hydroxyl groups excluding tert-OH is 1. The van der Waals surface area contributed by atoms with E-state index in [1.165, 1.54) is 5.57 Å². The fourth-order valence-electron chi connectivity index (χ4n) is 6.44. The second kappa shape index (κ2) is 8.03. The number of fused-ring (bicyclic) bond motifs is 3. The molecule has 152 valence electrons. The average Bonchev–Trinajstić information content (AvgIpc) is 2.63. The lowest BCUT2D eigenvalue weighted by atomic mass is 9.44. The van der Waals surface area contributed by atoms with E-state index in [1.54, 1.807) is 19.1 Å². The Balaban J connectivity index is 0.00000126. The highest BCUT2D eigenvalue weighted by Crippen LogP contribution is 2.62. The molecule has 3 nitrogen and oxygen atoms in total. The maximum atomic E-state index is 12.2. The third-order valence-corrected chi connectivity index (χ3v) is 7.97. The Labute approximate surface area is 165 Å². The van der Waals surface area contributed by atoms with E-state index >= 15 is 0 Å². The van der Waals surface area contributed by atoms with E-state index in [9.17, 15) is 14.7 Å². The van der Waals surface area contributed by atoms with E-state index in [0.717, 1.165) is 19.3 Å². The molecule has 3 rings (SSSR count). The van der Waals surface area contributed by atoms with Gasteiger partial charge in [0.2, 0.25) is 0 Å². The number of hydrogen-bond donors (Lipinski definition) is 1. The van der Waals surface area contributed by atoms with Crippen molar-refractivity contribution < 1.29 is 14.7 Å². The van der Waals surface area contributed by atoms with Crippen LogP contribution >= 0.6 is 0 Å². The van der Waals surface area contributed by atoms with Gasteiger partial charge >= 0.3 is 0 Å². The van der Waals surface area contributed by atoms with Gasteiger partial charge in [0.1, 0.15) is 5.78 Å². The number of allylic oxidation sites excluding steroid dienone is 4. The van der Waals surface area contributed by atoms with Crippen LogP contribution in [0.1, 0.15) is 74.1 Å². The number of carbonyl (C=O) groups excluding carboxylic acids is 2. The minimum absolute atomic E-state index is 0.0405. The van der Waals surface area contributed by atoms with Crippen molar-refractivity contribution >= 4 is 11.6 Å². The van der Waals surface area contributed by atoms with Crippen LogP contribution in [-0.2, 0) is 9.59 Å². The fraction of sp³-hybridized carbons (Fsp3) is 0.750. The van der Waals surface area contributed by atoms with Gasteiger partial charge in [-0.25, -0.2) is 0 Å². The van der Waals surface area contributed by atoms with E-state index in [2.05, 4.69) is 20.8 Å². The summed E-state index contributed by atoms with van der Waals surface area (Å²) in [6, 6.07) is 0. The minimum Gasteiger partial charge on any atom is -0.393 e. The molecule has 0 heterocycles. The third kappa shape index (κ3) is 3.48. The SMILES string of the molecule is CC.CCC1C2CCC3=CC(=O)C=CC3(C)C2C(O)CC1(C)C(C)C(C)=O. The first-order chi connectivity index (χ1) is 12.6. The Morgan fingerprint density at radius 1 is 1.33 bits per heavy atom. The van der Waals surface area contributed by atoms with E-state index in [-0.39, 0.29) is 34.2 Å². The monoisotopic (exact) mass is 374 g/mol. The molecular weight excluding hydrogens is 336 g/mol. The maximum absolute atomic E-state index is 12.2. The molecule has 3 aliphatic carbocycles. The van der Waals surface area contributed by atoms with Crippen molar-refractivity contribution in [2.75, 3.05) is 0 Å². The summed E-state index contributed by atoms with van der Waals surface area (Å²) >= 11 is 0. The minimum atomic E-state index is -0.439. The number of Topliss-reactive ketones (excluding diaryl/α,β-unsaturated/α-hetero) is 1. The second-order valence-corrected chi connectivity index (χ2v) is 9.04. The van der Waals surface area contributed by atoms with Gasteiger partial charge in [0.25, 0.3) is 0 Å². The van der Waals surface area contributed by atoms with Gasteiger partial charge in [-0.1, -0.05) is 59.6 Å². The topological polar surface area (TPSA) is 54.4 Å². The van der Waals surface area contributed by atoms with Crippen LogP contribution in [0.3, 0.4) is 0 Å². The standard InChI is InChI=1S/C22H32O3.C2H6/c1-6-18-17-8-7-15-11-16(24)9-10-21(15,4)20(17)19(25)12-22(18,5)13(2)14(3)23;1-2/h9-11,13,17-20,25H,6-8,12H2,1-5H3;1-2H3. The molecule has 27 heavy (non-hydrogen) atoms. The van der Waals surface area contributed by atoms with E-state index in [1.807, 2.05) is 26.8 Å². The van der Waals surface area contributed by atoms with Gasteiger partial charge in [-0.05, 0) is 55.6 Å². The molecule has 0 radical (unpaired) electrons. The van der Waals surface area contributed by atoms with Gasteiger partial charge in [-0.3, -0.25) is 9.59 Å². The van der Waals surface area contributed by atoms with Crippen molar-refractivity contribution in [3.63, 3.8) is 0 Å². The van der Waals surface area contributed by atoms with Gasteiger partial charge in [-0.2, -0.15) is 0 Å². The quantitative estimate of drug-likeness (QED) is 0.745. The predicted molar refractivity (Wildman–Crippen MR) is 110 cm³/mol. The van der Waals surface area contributed by atoms with Gasteiger partial charge in [0.15, 0.2) is 5.78 Å². The molecule has 0 aromatic heterocycles. The van der Waals surface area contributed by atoms with E-state index in [0.29, 0.717) is 18.3 Å². The van der Waals surface area contributed by atoms with Crippen LogP contribution in [0, 0.1) is 34.5 Å². The molecule has 0 amide bonds. The summed E-state index contributed by atoms with van der Waals surface area (Å²) in [7, 11) is 0. The highest BCUT2D eigenvalue weighted by Gasteiger charge is 2.58. The lowest BCUT2D eigenvalue weighted by Crippen LogP contribution is -2.58. The smallest absolute Gasteiger partial charge is 0.178 e. The van der Waals surface area contributed by atoms with Crippen LogP contribution in [0.5, 0.6) is 0 Å². The molecule has 0 aromatic rings. The zero-order valence-corrected chi connectivity index (χ0v) is 18.2. The number of rotatable bonds is 3. The Bertz CT molecular complexity index is 646. The van der Waals surface area contributed by atoms with Crippen molar-refractivity contribution in [1.82, 2.24) is 0 Å². The van der Waals surface area contributed by atoms with Crippen molar-refractivity contribution in [2.45, 2.75) is 80.3 Å². The third-order valence-electron chi connectivity index (χ3n) is 7.97. The maximum Gasteiger partial charge on any atom is 0.178 e. The molecular formula is C24H38O3. The highest BCUT2D eigenvalue weighted by molar-refractivity contribution is 6.01. The van der Waals surface area contributed by atoms with Gasteiger partial charge in [0, 0.05) is 17.3 Å². The average molecular weight is 375 g/mol. The highest BCUT2D eigenvalue weighted by atomic mass is 16.3. The summed E-state index contributed by atoms with van der Waals surface area (Å²) in [5.41, 5.74) is 0.788. The van der Waals surface area contributed by atoms with Crippen molar-refractivity contribution in [2.24, 2.45) is 34.5 Å². The lowest BCUT2D eigenvalue weighted by Gasteiger charge is -2.60. The summed E-state index contributed by atoms with van der Waals surface area (Å²) < 4.78 is 0. The molecule has 0 bridgehead atoms. The zero-order valence-electron chi connectivity index (χ0n) is 18.2. The van der Waals surface area contributed by atoms with Gasteiger partial charge < -0.3 is 5.11 Å². The number of aliphatic hydroxyl groups is 1. The molecule has 3 aliphatic rings. The van der Waals surface area contributed by atoms with Crippen molar-refractivity contribution in [1.29, 1.82) is 0 Å². The molecule has 0 aromatic carbocycles. The first-order valence-corrected chi connectivity index (χ1v) is 10.8. The normalized spacial score (nSPS) is 41.5. The van der Waals surface area contributed by atoms with E-state index in [4.69, 9.17) is 0 Å². The summed E-state index contributed by atoms with van der Waals surface area (Å²) in [5.74, 6) is 1.19. The summed E-state index contributed by atoms with van der Waals surface area (Å²) in [6.45, 7) is 14.3. The molecule has 7 atom stereocenters. The van der Waals surface area contributed by atoms with Gasteiger partial charge in [0.05, 0.1) is 6.10 Å². The first-order valence-electron chi connectivity index (χ1n) is 10.8. The van der Waals surface area contributed by atoms with Crippen molar-refractivity contribution in [3.05, 3.63) is 23.8 Å². The largest absolute Gasteiger partial charge is 0.393 e. The number of hydrogen-bond acceptors (Lipinski definition) is 3. The lowest BCUT2D eigenvalue weighted by molar-refractivity contribution is -0.148. The molecule has 3 heteroatoms. The van der Waals surface area contributed by atoms with Gasteiger partial charge in [-0.15, -0.1) is 0 Å². The second-order valence-electron chi connectivity index (χ2n) is 9.04. The van der Waals surface area contributed by atoms with Crippen LogP contribution in [0.25, 0.3) is 0 Å². The summed E-state index contributed by atoms with van der Waals surface area (Å²) in [4.78, 5) is 24.0. The molecule has 0 spiro atoms. The Morgan fingerprint density at radius 3 is 2.52 bits per heavy atom. The molecule has 2 fully saturated rings. The molecule has 1 N–H and O–H groups in total. The van der Waals surface area contributed by atoms with Crippen LogP contribution in [0.2, 0.25) is 0 Å². The molecule has 0 aliphatic heterocycles. The number of ketones is 2. The van der Waals surface area contributed by atoms with Crippen LogP contribution < -0.4 is 0 Å². The number of carbonyl (C=O) groups is 2. The van der Waals surface area contributed by atoms with Crippen LogP contribution in [0.4, 0.5) is 0 Å². The van der Waals surface area contributed by atoms with Crippen LogP contribution in [0.15, 0.2) is 23.8 Å². The Kier molecular flexibility index (Phi) is 6.56. The molecule has 0 saturated heterocycles. The molecule has 2 saturated carbocycles. The van der Waals surface area contributed by atoms with Crippen molar-refractivity contribution in [3.8, 4) is 0 Å². The van der Waals surface area contributed by atoms with E-state index < -0.39 is 6.10 Å². The first kappa shape index (κ1) is 22.1.